The molecule has 10 heteroatoms. The summed E-state index contributed by atoms with van der Waals surface area (Å²) >= 11 is 2.84. The predicted octanol–water partition coefficient (Wildman–Crippen LogP) is 4.31. The van der Waals surface area contributed by atoms with Crippen molar-refractivity contribution in [2.75, 3.05) is 14.2 Å². The van der Waals surface area contributed by atoms with E-state index in [0.29, 0.717) is 15.1 Å². The molecule has 8 nitrogen and oxygen atoms in total. The van der Waals surface area contributed by atoms with Crippen LogP contribution in [0.3, 0.4) is 0 Å². The Hall–Kier alpha value is -4.02. The number of ether oxygens (including phenoxy) is 2. The normalized spacial score (nSPS) is 16.5. The van der Waals surface area contributed by atoms with Gasteiger partial charge >= 0.3 is 0 Å². The summed E-state index contributed by atoms with van der Waals surface area (Å²) in [6.45, 7) is 0. The maximum atomic E-state index is 13.8. The number of fused-ring (bicyclic) bond motifs is 3. The molecule has 0 fully saturated rings. The second kappa shape index (κ2) is 9.13. The van der Waals surface area contributed by atoms with Crippen molar-refractivity contribution in [3.63, 3.8) is 0 Å². The lowest BCUT2D eigenvalue weighted by atomic mass is 9.85. The number of hydrogen-bond donors (Lipinski definition) is 0. The number of aryl methyl sites for hydroxylation is 1. The zero-order valence-electron chi connectivity index (χ0n) is 20.0. The zero-order valence-corrected chi connectivity index (χ0v) is 21.6. The van der Waals surface area contributed by atoms with Crippen LogP contribution in [-0.4, -0.2) is 23.7 Å². The first-order valence-corrected chi connectivity index (χ1v) is 13.3. The molecule has 6 rings (SSSR count). The molecule has 2 aromatic heterocycles. The van der Waals surface area contributed by atoms with Gasteiger partial charge in [0.15, 0.2) is 16.3 Å². The number of benzene rings is 2. The van der Waals surface area contributed by atoms with Crippen molar-refractivity contribution in [1.29, 1.82) is 0 Å². The quantitative estimate of drug-likeness (QED) is 0.283. The van der Waals surface area contributed by atoms with Gasteiger partial charge in [0.2, 0.25) is 0 Å². The molecule has 1 aliphatic carbocycles. The highest BCUT2D eigenvalue weighted by Crippen LogP contribution is 2.42. The van der Waals surface area contributed by atoms with Crippen LogP contribution < -0.4 is 24.4 Å². The monoisotopic (exact) mass is 531 g/mol. The van der Waals surface area contributed by atoms with E-state index in [1.165, 1.54) is 43.3 Å². The van der Waals surface area contributed by atoms with Gasteiger partial charge in [-0.1, -0.05) is 41.7 Å². The minimum absolute atomic E-state index is 0.175. The van der Waals surface area contributed by atoms with Gasteiger partial charge in [-0.05, 0) is 47.6 Å². The fraction of sp³-hybridized carbons (Fsp3) is 0.185. The maximum absolute atomic E-state index is 13.8. The Morgan fingerprint density at radius 1 is 1.11 bits per heavy atom. The number of nitro groups is 1. The number of hydrogen-bond acceptors (Lipinski definition) is 8. The number of nitro benzene ring substituents is 1. The lowest BCUT2D eigenvalue weighted by Crippen LogP contribution is -2.38. The van der Waals surface area contributed by atoms with Crippen LogP contribution in [0.5, 0.6) is 11.5 Å². The number of thiophene rings is 1. The van der Waals surface area contributed by atoms with E-state index in [4.69, 9.17) is 14.5 Å². The second-order valence-corrected chi connectivity index (χ2v) is 10.6. The minimum atomic E-state index is -0.491. The van der Waals surface area contributed by atoms with Crippen LogP contribution in [0.2, 0.25) is 0 Å². The Labute approximate surface area is 219 Å². The van der Waals surface area contributed by atoms with Crippen molar-refractivity contribution < 1.29 is 14.4 Å². The molecule has 0 saturated carbocycles. The van der Waals surface area contributed by atoms with Crippen molar-refractivity contribution in [2.45, 2.75) is 18.9 Å². The molecule has 0 unspecified atom stereocenters. The minimum Gasteiger partial charge on any atom is -0.493 e. The molecule has 37 heavy (non-hydrogen) atoms. The third kappa shape index (κ3) is 3.80. The van der Waals surface area contributed by atoms with Crippen molar-refractivity contribution in [1.82, 2.24) is 4.57 Å². The summed E-state index contributed by atoms with van der Waals surface area (Å²) < 4.78 is 12.7. The van der Waals surface area contributed by atoms with Crippen LogP contribution in [-0.2, 0) is 6.42 Å². The number of nitrogens with zero attached hydrogens (tertiary/aromatic N) is 3. The number of rotatable bonds is 5. The summed E-state index contributed by atoms with van der Waals surface area (Å²) in [4.78, 5) is 31.8. The topological polar surface area (TPSA) is 96.0 Å². The predicted molar refractivity (Wildman–Crippen MR) is 143 cm³/mol. The standard InChI is InChI=1S/C27H21N3O5S2/c1-34-20-12-16(19(30(32)33)14-21(20)35-2)13-23-26(31)29-25(22-8-5-11-36-22)18-10-9-15-6-3-4-7-17(15)24(18)28-27(29)37-23/h3-8,11-14,25H,9-10H2,1-2H3/b23-13+/t25-/m1/s1. The average molecular weight is 532 g/mol. The SMILES string of the molecule is COc1cc(/C=c2/sc3n(c2=O)[C@@H](c2cccs2)C2=C(N=3)c3ccccc3CC2)c([N+](=O)[O-])cc1OC. The van der Waals surface area contributed by atoms with Crippen LogP contribution in [0, 0.1) is 10.1 Å². The third-order valence-electron chi connectivity index (χ3n) is 6.70. The van der Waals surface area contributed by atoms with Gasteiger partial charge in [0.25, 0.3) is 11.2 Å². The summed E-state index contributed by atoms with van der Waals surface area (Å²) in [7, 11) is 2.88. The first kappa shape index (κ1) is 23.4. The van der Waals surface area contributed by atoms with Crippen LogP contribution in [0.4, 0.5) is 5.69 Å². The van der Waals surface area contributed by atoms with Gasteiger partial charge in [-0.15, -0.1) is 11.3 Å². The van der Waals surface area contributed by atoms with Gasteiger partial charge in [-0.25, -0.2) is 4.99 Å². The van der Waals surface area contributed by atoms with Gasteiger partial charge in [0, 0.05) is 10.4 Å². The molecule has 4 aromatic rings. The van der Waals surface area contributed by atoms with Crippen LogP contribution >= 0.6 is 22.7 Å². The Morgan fingerprint density at radius 2 is 1.89 bits per heavy atom. The van der Waals surface area contributed by atoms with E-state index in [0.717, 1.165) is 34.6 Å². The first-order chi connectivity index (χ1) is 18.0. The molecule has 186 valence electrons. The highest BCUT2D eigenvalue weighted by atomic mass is 32.1. The molecule has 0 N–H and O–H groups in total. The smallest absolute Gasteiger partial charge is 0.280 e. The summed E-state index contributed by atoms with van der Waals surface area (Å²) in [5.41, 5.74) is 4.24. The third-order valence-corrected chi connectivity index (χ3v) is 8.61. The molecule has 2 aliphatic rings. The van der Waals surface area contributed by atoms with Gasteiger partial charge in [0.05, 0.1) is 47.0 Å². The fourth-order valence-corrected chi connectivity index (χ4v) is 6.86. The number of aromatic nitrogens is 1. The van der Waals surface area contributed by atoms with Crippen LogP contribution in [0.1, 0.15) is 34.0 Å². The van der Waals surface area contributed by atoms with Gasteiger partial charge in [-0.2, -0.15) is 0 Å². The molecule has 0 radical (unpaired) electrons. The Bertz CT molecular complexity index is 1770. The summed E-state index contributed by atoms with van der Waals surface area (Å²) in [5, 5.41) is 13.8. The second-order valence-electron chi connectivity index (χ2n) is 8.65. The largest absolute Gasteiger partial charge is 0.493 e. The van der Waals surface area contributed by atoms with Crippen molar-refractivity contribution >= 4 is 40.1 Å². The highest BCUT2D eigenvalue weighted by Gasteiger charge is 2.33. The van der Waals surface area contributed by atoms with Gasteiger partial charge in [-0.3, -0.25) is 19.5 Å². The van der Waals surface area contributed by atoms with Crippen LogP contribution in [0.25, 0.3) is 11.8 Å². The zero-order chi connectivity index (χ0) is 25.7. The molecular weight excluding hydrogens is 510 g/mol. The first-order valence-electron chi connectivity index (χ1n) is 11.6. The van der Waals surface area contributed by atoms with Gasteiger partial charge < -0.3 is 9.47 Å². The lowest BCUT2D eigenvalue weighted by molar-refractivity contribution is -0.385. The fourth-order valence-electron chi connectivity index (χ4n) is 5.02. The number of thiazole rings is 1. The molecular formula is C27H21N3O5S2. The molecule has 2 aromatic carbocycles. The lowest BCUT2D eigenvalue weighted by Gasteiger charge is -2.30. The van der Waals surface area contributed by atoms with Crippen molar-refractivity contribution in [3.05, 3.63) is 111 Å². The van der Waals surface area contributed by atoms with Crippen molar-refractivity contribution in [3.8, 4) is 11.5 Å². The number of allylic oxidation sites excluding steroid dienone is 1. The Kier molecular flexibility index (Phi) is 5.77. The number of methoxy groups -OCH3 is 2. The van der Waals surface area contributed by atoms with E-state index in [-0.39, 0.29) is 28.6 Å². The van der Waals surface area contributed by atoms with E-state index in [1.807, 2.05) is 29.6 Å². The average Bonchev–Trinajstić information content (AvgIpc) is 3.55. The van der Waals surface area contributed by atoms with Gasteiger partial charge in [0.1, 0.15) is 0 Å². The molecule has 3 heterocycles. The van der Waals surface area contributed by atoms with E-state index in [9.17, 15) is 14.9 Å². The molecule has 0 spiro atoms. The van der Waals surface area contributed by atoms with Crippen LogP contribution in [0.15, 0.2) is 69.3 Å². The molecule has 0 bridgehead atoms. The van der Waals surface area contributed by atoms with Crippen molar-refractivity contribution in [2.24, 2.45) is 4.99 Å². The molecule has 1 aliphatic heterocycles. The molecule has 0 amide bonds. The molecule has 0 saturated heterocycles. The summed E-state index contributed by atoms with van der Waals surface area (Å²) in [6.07, 6.45) is 3.24. The summed E-state index contributed by atoms with van der Waals surface area (Å²) in [6, 6.07) is 14.9. The van der Waals surface area contributed by atoms with E-state index in [1.54, 1.807) is 22.0 Å². The van der Waals surface area contributed by atoms with E-state index < -0.39 is 4.92 Å². The maximum Gasteiger partial charge on any atom is 0.280 e. The summed E-state index contributed by atoms with van der Waals surface area (Å²) in [5.74, 6) is 0.590. The highest BCUT2D eigenvalue weighted by molar-refractivity contribution is 7.10. The van der Waals surface area contributed by atoms with E-state index >= 15 is 0 Å². The Balaban J connectivity index is 1.61. The molecule has 1 atom stereocenters. The van der Waals surface area contributed by atoms with E-state index in [2.05, 4.69) is 12.1 Å². The Morgan fingerprint density at radius 3 is 2.62 bits per heavy atom.